The zero-order valence-corrected chi connectivity index (χ0v) is 17.3. The van der Waals surface area contributed by atoms with Crippen molar-refractivity contribution in [2.24, 2.45) is 5.92 Å². The molecule has 1 amide bonds. The van der Waals surface area contributed by atoms with E-state index in [1.54, 1.807) is 0 Å². The monoisotopic (exact) mass is 368 g/mol. The largest absolute Gasteiger partial charge is 0.337 e. The fourth-order valence-electron chi connectivity index (χ4n) is 4.16. The highest BCUT2D eigenvalue weighted by molar-refractivity contribution is 5.76. The molecule has 0 saturated heterocycles. The molecule has 0 saturated carbocycles. The van der Waals surface area contributed by atoms with E-state index in [0.717, 1.165) is 43.6 Å². The molecule has 2 heterocycles. The molecule has 1 unspecified atom stereocenters. The Labute approximate surface area is 162 Å². The highest BCUT2D eigenvalue weighted by Crippen LogP contribution is 2.32. The predicted octanol–water partition coefficient (Wildman–Crippen LogP) is 4.02. The van der Waals surface area contributed by atoms with Crippen molar-refractivity contribution in [2.75, 3.05) is 7.05 Å². The Morgan fingerprint density at radius 2 is 2.15 bits per heavy atom. The second-order valence-corrected chi connectivity index (χ2v) is 8.19. The fourth-order valence-corrected chi connectivity index (χ4v) is 4.16. The molecule has 27 heavy (non-hydrogen) atoms. The van der Waals surface area contributed by atoms with E-state index in [0.29, 0.717) is 12.3 Å². The van der Waals surface area contributed by atoms with Crippen molar-refractivity contribution >= 4 is 5.91 Å². The number of fused-ring (bicyclic) bond motifs is 1. The molecule has 2 aromatic rings. The highest BCUT2D eigenvalue weighted by atomic mass is 16.2. The average Bonchev–Trinajstić information content (AvgIpc) is 2.91. The van der Waals surface area contributed by atoms with Crippen LogP contribution < -0.4 is 0 Å². The van der Waals surface area contributed by atoms with Gasteiger partial charge in [0.1, 0.15) is 0 Å². The molecule has 1 aliphatic carbocycles. The van der Waals surface area contributed by atoms with Crippen LogP contribution >= 0.6 is 0 Å². The van der Waals surface area contributed by atoms with E-state index in [-0.39, 0.29) is 11.9 Å². The Bertz CT molecular complexity index is 809. The third-order valence-electron chi connectivity index (χ3n) is 5.68. The summed E-state index contributed by atoms with van der Waals surface area (Å²) in [6.07, 6.45) is 6.28. The van der Waals surface area contributed by atoms with E-state index in [9.17, 15) is 4.79 Å². The number of pyridine rings is 1. The van der Waals surface area contributed by atoms with Crippen molar-refractivity contribution in [1.82, 2.24) is 19.7 Å². The van der Waals surface area contributed by atoms with Crippen LogP contribution in [0, 0.1) is 19.8 Å². The van der Waals surface area contributed by atoms with Crippen molar-refractivity contribution < 1.29 is 4.79 Å². The lowest BCUT2D eigenvalue weighted by molar-refractivity contribution is -0.132. The lowest BCUT2D eigenvalue weighted by atomic mass is 9.91. The molecule has 0 fully saturated rings. The summed E-state index contributed by atoms with van der Waals surface area (Å²) in [5.41, 5.74) is 5.83. The number of hydrogen-bond acceptors (Lipinski definition) is 3. The molecule has 0 aliphatic heterocycles. The lowest BCUT2D eigenvalue weighted by Crippen LogP contribution is -2.34. The molecule has 0 bridgehead atoms. The smallest absolute Gasteiger partial charge is 0.223 e. The van der Waals surface area contributed by atoms with Crippen molar-refractivity contribution in [3.63, 3.8) is 0 Å². The van der Waals surface area contributed by atoms with Crippen LogP contribution in [0.4, 0.5) is 0 Å². The van der Waals surface area contributed by atoms with E-state index in [1.807, 2.05) is 24.2 Å². The third kappa shape index (κ3) is 4.23. The summed E-state index contributed by atoms with van der Waals surface area (Å²) in [6.45, 7) is 9.49. The number of carbonyl (C=O) groups is 1. The van der Waals surface area contributed by atoms with E-state index >= 15 is 0 Å². The summed E-state index contributed by atoms with van der Waals surface area (Å²) >= 11 is 0. The zero-order valence-electron chi connectivity index (χ0n) is 17.3. The first kappa shape index (κ1) is 19.6. The molecule has 1 aliphatic rings. The van der Waals surface area contributed by atoms with Crippen LogP contribution in [0.25, 0.3) is 0 Å². The molecule has 0 radical (unpaired) electrons. The molecule has 2 aromatic heterocycles. The molecule has 146 valence electrons. The van der Waals surface area contributed by atoms with Crippen LogP contribution in [-0.2, 0) is 24.2 Å². The number of hydrogen-bond donors (Lipinski definition) is 0. The molecule has 3 rings (SSSR count). The summed E-state index contributed by atoms with van der Waals surface area (Å²) < 4.78 is 2.09. The Balaban J connectivity index is 1.67. The number of aromatic nitrogens is 3. The molecule has 0 aromatic carbocycles. The summed E-state index contributed by atoms with van der Waals surface area (Å²) in [5.74, 6) is 0.747. The van der Waals surface area contributed by atoms with Gasteiger partial charge in [0.15, 0.2) is 0 Å². The zero-order chi connectivity index (χ0) is 19.6. The van der Waals surface area contributed by atoms with E-state index in [2.05, 4.69) is 48.5 Å². The van der Waals surface area contributed by atoms with Gasteiger partial charge in [-0.3, -0.25) is 14.5 Å². The van der Waals surface area contributed by atoms with Gasteiger partial charge in [-0.15, -0.1) is 0 Å². The Morgan fingerprint density at radius 1 is 1.37 bits per heavy atom. The van der Waals surface area contributed by atoms with Crippen LogP contribution in [0.2, 0.25) is 0 Å². The third-order valence-corrected chi connectivity index (χ3v) is 5.68. The van der Waals surface area contributed by atoms with Crippen molar-refractivity contribution in [2.45, 2.75) is 72.4 Å². The Hall–Kier alpha value is -2.17. The summed E-state index contributed by atoms with van der Waals surface area (Å²) in [5, 5.41) is 4.67. The van der Waals surface area contributed by atoms with Gasteiger partial charge in [0.2, 0.25) is 5.91 Å². The van der Waals surface area contributed by atoms with Gasteiger partial charge in [-0.1, -0.05) is 19.9 Å². The maximum Gasteiger partial charge on any atom is 0.223 e. The van der Waals surface area contributed by atoms with Gasteiger partial charge >= 0.3 is 0 Å². The van der Waals surface area contributed by atoms with Gasteiger partial charge in [-0.25, -0.2) is 0 Å². The summed E-state index contributed by atoms with van der Waals surface area (Å²) in [6, 6.07) is 4.24. The van der Waals surface area contributed by atoms with Gasteiger partial charge in [-0.05, 0) is 62.6 Å². The average molecular weight is 369 g/mol. The van der Waals surface area contributed by atoms with Crippen molar-refractivity contribution in [3.8, 4) is 0 Å². The summed E-state index contributed by atoms with van der Waals surface area (Å²) in [7, 11) is 1.93. The van der Waals surface area contributed by atoms with E-state index < -0.39 is 0 Å². The first-order chi connectivity index (χ1) is 12.9. The standard InChI is InChI=1S/C22H32N4O/c1-15(2)14-26-17(4)19(16(3)24-26)11-12-21(27)25(5)20-10-6-8-18-9-7-13-23-22(18)20/h7,9,13,15,20H,6,8,10-12,14H2,1-5H3. The number of carbonyl (C=O) groups excluding carboxylic acids is 1. The first-order valence-electron chi connectivity index (χ1n) is 10.1. The highest BCUT2D eigenvalue weighted by Gasteiger charge is 2.27. The van der Waals surface area contributed by atoms with Crippen LogP contribution in [0.5, 0.6) is 0 Å². The molecule has 5 nitrogen and oxygen atoms in total. The molecule has 5 heteroatoms. The van der Waals surface area contributed by atoms with Crippen LogP contribution in [0.1, 0.15) is 67.4 Å². The quantitative estimate of drug-likeness (QED) is 0.774. The summed E-state index contributed by atoms with van der Waals surface area (Å²) in [4.78, 5) is 19.4. The predicted molar refractivity (Wildman–Crippen MR) is 108 cm³/mol. The second-order valence-electron chi connectivity index (χ2n) is 8.19. The van der Waals surface area contributed by atoms with Crippen molar-refractivity contribution in [1.29, 1.82) is 0 Å². The van der Waals surface area contributed by atoms with Gasteiger partial charge in [0, 0.05) is 31.9 Å². The van der Waals surface area contributed by atoms with Crippen LogP contribution in [-0.4, -0.2) is 32.6 Å². The van der Waals surface area contributed by atoms with Crippen LogP contribution in [0.15, 0.2) is 18.3 Å². The second kappa shape index (κ2) is 8.24. The van der Waals surface area contributed by atoms with E-state index in [1.165, 1.54) is 16.8 Å². The van der Waals surface area contributed by atoms with Gasteiger partial charge in [0.25, 0.3) is 0 Å². The maximum absolute atomic E-state index is 12.9. The van der Waals surface area contributed by atoms with Crippen molar-refractivity contribution in [3.05, 3.63) is 46.5 Å². The minimum atomic E-state index is 0.105. The van der Waals surface area contributed by atoms with Gasteiger partial charge in [0.05, 0.1) is 17.4 Å². The Kier molecular flexibility index (Phi) is 5.98. The number of nitrogens with zero attached hydrogens (tertiary/aromatic N) is 4. The number of amides is 1. The Morgan fingerprint density at radius 3 is 2.89 bits per heavy atom. The maximum atomic E-state index is 12.9. The number of rotatable bonds is 6. The molecule has 0 N–H and O–H groups in total. The number of aryl methyl sites for hydroxylation is 2. The molecule has 0 spiro atoms. The lowest BCUT2D eigenvalue weighted by Gasteiger charge is -2.32. The first-order valence-corrected chi connectivity index (χ1v) is 10.1. The SMILES string of the molecule is Cc1nn(CC(C)C)c(C)c1CCC(=O)N(C)C1CCCc2cccnc21. The fraction of sp³-hybridized carbons (Fsp3) is 0.591. The van der Waals surface area contributed by atoms with Gasteiger partial charge in [-0.2, -0.15) is 5.10 Å². The molecular weight excluding hydrogens is 336 g/mol. The minimum absolute atomic E-state index is 0.105. The van der Waals surface area contributed by atoms with Crippen LogP contribution in [0.3, 0.4) is 0 Å². The molecule has 1 atom stereocenters. The topological polar surface area (TPSA) is 51.0 Å². The van der Waals surface area contributed by atoms with Gasteiger partial charge < -0.3 is 4.90 Å². The molecular formula is C22H32N4O. The van der Waals surface area contributed by atoms with E-state index in [4.69, 9.17) is 0 Å². The minimum Gasteiger partial charge on any atom is -0.337 e. The normalized spacial score (nSPS) is 16.4.